The van der Waals surface area contributed by atoms with Crippen LogP contribution in [0.3, 0.4) is 0 Å². The molecule has 0 unspecified atom stereocenters. The number of nitrogens with zero attached hydrogens (tertiary/aromatic N) is 4. The van der Waals surface area contributed by atoms with Gasteiger partial charge in [-0.15, -0.1) is 24.0 Å². The van der Waals surface area contributed by atoms with Crippen molar-refractivity contribution < 1.29 is 4.79 Å². The monoisotopic (exact) mass is 546 g/mol. The summed E-state index contributed by atoms with van der Waals surface area (Å²) in [5.74, 6) is 2.04. The number of hydrogen-bond donors (Lipinski definition) is 2. The number of anilines is 1. The number of nitrogens with one attached hydrogen (secondary N) is 2. The number of amides is 1. The molecule has 1 saturated heterocycles. The average molecular weight is 546 g/mol. The molecule has 4 rings (SSSR count). The van der Waals surface area contributed by atoms with Gasteiger partial charge in [-0.05, 0) is 49.6 Å². The summed E-state index contributed by atoms with van der Waals surface area (Å²) in [4.78, 5) is 22.7. The number of aromatic nitrogens is 2. The van der Waals surface area contributed by atoms with Gasteiger partial charge in [0, 0.05) is 45.3 Å². The number of carbonyl (C=O) groups is 1. The molecule has 1 aliphatic heterocycles. The lowest BCUT2D eigenvalue weighted by Crippen LogP contribution is -2.37. The largest absolute Gasteiger partial charge is 0.356 e. The summed E-state index contributed by atoms with van der Waals surface area (Å²) in [6, 6.07) is 16.4. The van der Waals surface area contributed by atoms with Gasteiger partial charge < -0.3 is 20.1 Å². The lowest BCUT2D eigenvalue weighted by atomic mass is 10.2. The van der Waals surface area contributed by atoms with Crippen LogP contribution in [-0.4, -0.2) is 41.6 Å². The topological polar surface area (TPSA) is 74.6 Å². The first-order chi connectivity index (χ1) is 15.2. The Morgan fingerprint density at radius 1 is 1.12 bits per heavy atom. The molecule has 1 amide bonds. The minimum absolute atomic E-state index is 0. The minimum atomic E-state index is 0. The van der Waals surface area contributed by atoms with E-state index in [1.807, 2.05) is 23.1 Å². The summed E-state index contributed by atoms with van der Waals surface area (Å²) >= 11 is 0. The molecule has 0 atom stereocenters. The standard InChI is InChI=1S/C24H30N6O.HI/c1-18-28-21-7-3-4-8-22(21)29(18)16-6-14-26-24(25-2)27-17-19-10-12-20(13-11-19)30-15-5-9-23(30)31;/h3-4,7-8,10-13H,5-6,9,14-17H2,1-2H3,(H2,25,26,27);1H. The number of aryl methyl sites for hydroxylation is 2. The molecule has 1 aromatic heterocycles. The maximum absolute atomic E-state index is 11.9. The summed E-state index contributed by atoms with van der Waals surface area (Å²) in [6.07, 6.45) is 2.57. The molecule has 1 aliphatic rings. The van der Waals surface area contributed by atoms with Gasteiger partial charge in [0.1, 0.15) is 5.82 Å². The Kier molecular flexibility index (Phi) is 8.49. The summed E-state index contributed by atoms with van der Waals surface area (Å²) < 4.78 is 2.26. The number of imidazole rings is 1. The van der Waals surface area contributed by atoms with Gasteiger partial charge in [-0.25, -0.2) is 4.98 Å². The van der Waals surface area contributed by atoms with E-state index >= 15 is 0 Å². The number of benzene rings is 2. The molecule has 2 N–H and O–H groups in total. The Hall–Kier alpha value is -2.62. The highest BCUT2D eigenvalue weighted by Gasteiger charge is 2.21. The molecule has 170 valence electrons. The highest BCUT2D eigenvalue weighted by Crippen LogP contribution is 2.21. The van der Waals surface area contributed by atoms with Crippen molar-refractivity contribution in [3.63, 3.8) is 0 Å². The van der Waals surface area contributed by atoms with E-state index in [0.29, 0.717) is 13.0 Å². The van der Waals surface area contributed by atoms with Gasteiger partial charge in [-0.1, -0.05) is 24.3 Å². The average Bonchev–Trinajstić information content (AvgIpc) is 3.36. The van der Waals surface area contributed by atoms with E-state index in [1.165, 1.54) is 5.52 Å². The highest BCUT2D eigenvalue weighted by atomic mass is 127. The Balaban J connectivity index is 0.00000289. The van der Waals surface area contributed by atoms with Crippen molar-refractivity contribution in [1.82, 2.24) is 20.2 Å². The van der Waals surface area contributed by atoms with Crippen LogP contribution in [0.4, 0.5) is 5.69 Å². The van der Waals surface area contributed by atoms with Crippen LogP contribution in [0.5, 0.6) is 0 Å². The van der Waals surface area contributed by atoms with Gasteiger partial charge in [0.15, 0.2) is 5.96 Å². The fourth-order valence-electron chi connectivity index (χ4n) is 4.04. The van der Waals surface area contributed by atoms with Gasteiger partial charge in [-0.3, -0.25) is 9.79 Å². The van der Waals surface area contributed by atoms with Crippen molar-refractivity contribution in [1.29, 1.82) is 0 Å². The van der Waals surface area contributed by atoms with Crippen molar-refractivity contribution in [3.8, 4) is 0 Å². The molecule has 1 fully saturated rings. The molecular formula is C24H31IN6O. The summed E-state index contributed by atoms with van der Waals surface area (Å²) in [6.45, 7) is 5.29. The number of halogens is 1. The van der Waals surface area contributed by atoms with Gasteiger partial charge >= 0.3 is 0 Å². The van der Waals surface area contributed by atoms with Crippen LogP contribution in [0, 0.1) is 6.92 Å². The van der Waals surface area contributed by atoms with Crippen LogP contribution < -0.4 is 15.5 Å². The third-order valence-electron chi connectivity index (χ3n) is 5.70. The quantitative estimate of drug-likeness (QED) is 0.205. The number of carbonyl (C=O) groups excluding carboxylic acids is 1. The van der Waals surface area contributed by atoms with Crippen LogP contribution in [0.1, 0.15) is 30.7 Å². The van der Waals surface area contributed by atoms with Crippen molar-refractivity contribution in [2.75, 3.05) is 25.0 Å². The molecular weight excluding hydrogens is 515 g/mol. The predicted molar refractivity (Wildman–Crippen MR) is 141 cm³/mol. The second-order valence-electron chi connectivity index (χ2n) is 7.82. The minimum Gasteiger partial charge on any atom is -0.356 e. The van der Waals surface area contributed by atoms with E-state index in [-0.39, 0.29) is 29.9 Å². The van der Waals surface area contributed by atoms with Crippen molar-refractivity contribution in [2.45, 2.75) is 39.3 Å². The van der Waals surface area contributed by atoms with Gasteiger partial charge in [0.2, 0.25) is 5.91 Å². The number of rotatable bonds is 7. The molecule has 8 heteroatoms. The van der Waals surface area contributed by atoms with Crippen LogP contribution >= 0.6 is 24.0 Å². The lowest BCUT2D eigenvalue weighted by Gasteiger charge is -2.16. The first-order valence-corrected chi connectivity index (χ1v) is 10.9. The Labute approximate surface area is 206 Å². The van der Waals surface area contributed by atoms with Crippen LogP contribution in [0.15, 0.2) is 53.5 Å². The number of fused-ring (bicyclic) bond motifs is 1. The maximum Gasteiger partial charge on any atom is 0.227 e. The van der Waals surface area contributed by atoms with Crippen molar-refractivity contribution in [2.24, 2.45) is 4.99 Å². The smallest absolute Gasteiger partial charge is 0.227 e. The number of hydrogen-bond acceptors (Lipinski definition) is 3. The molecule has 0 spiro atoms. The van der Waals surface area contributed by atoms with Gasteiger partial charge in [-0.2, -0.15) is 0 Å². The third-order valence-corrected chi connectivity index (χ3v) is 5.70. The zero-order valence-electron chi connectivity index (χ0n) is 18.7. The van der Waals surface area contributed by atoms with Crippen molar-refractivity contribution >= 4 is 52.6 Å². The molecule has 0 saturated carbocycles. The third kappa shape index (κ3) is 5.59. The molecule has 2 heterocycles. The Morgan fingerprint density at radius 3 is 2.62 bits per heavy atom. The molecule has 0 bridgehead atoms. The highest BCUT2D eigenvalue weighted by molar-refractivity contribution is 14.0. The number of aliphatic imine (C=N–C) groups is 1. The van der Waals surface area contributed by atoms with E-state index in [1.54, 1.807) is 7.05 Å². The molecule has 3 aromatic rings. The van der Waals surface area contributed by atoms with E-state index in [4.69, 9.17) is 0 Å². The van der Waals surface area contributed by atoms with Gasteiger partial charge in [0.25, 0.3) is 0 Å². The van der Waals surface area contributed by atoms with Crippen LogP contribution in [-0.2, 0) is 17.9 Å². The van der Waals surface area contributed by atoms with E-state index in [0.717, 1.165) is 61.0 Å². The summed E-state index contributed by atoms with van der Waals surface area (Å²) in [7, 11) is 1.78. The van der Waals surface area contributed by atoms with E-state index in [2.05, 4.69) is 62.4 Å². The zero-order chi connectivity index (χ0) is 21.6. The lowest BCUT2D eigenvalue weighted by molar-refractivity contribution is -0.117. The fraction of sp³-hybridized carbons (Fsp3) is 0.375. The summed E-state index contributed by atoms with van der Waals surface area (Å²) in [5, 5.41) is 6.74. The van der Waals surface area contributed by atoms with E-state index in [9.17, 15) is 4.79 Å². The molecule has 2 aromatic carbocycles. The molecule has 0 aliphatic carbocycles. The van der Waals surface area contributed by atoms with Crippen LogP contribution in [0.2, 0.25) is 0 Å². The van der Waals surface area contributed by atoms with Gasteiger partial charge in [0.05, 0.1) is 11.0 Å². The first kappa shape index (κ1) is 24.0. The number of para-hydroxylation sites is 2. The second-order valence-corrected chi connectivity index (χ2v) is 7.82. The zero-order valence-corrected chi connectivity index (χ0v) is 21.0. The molecule has 0 radical (unpaired) electrons. The fourth-order valence-corrected chi connectivity index (χ4v) is 4.04. The maximum atomic E-state index is 11.9. The SMILES string of the molecule is CN=C(NCCCn1c(C)nc2ccccc21)NCc1ccc(N2CCCC2=O)cc1.I. The van der Waals surface area contributed by atoms with Crippen molar-refractivity contribution in [3.05, 3.63) is 59.9 Å². The molecule has 32 heavy (non-hydrogen) atoms. The normalized spacial score (nSPS) is 14.0. The Bertz CT molecular complexity index is 1080. The first-order valence-electron chi connectivity index (χ1n) is 10.9. The number of guanidine groups is 1. The van der Waals surface area contributed by atoms with E-state index < -0.39 is 0 Å². The predicted octanol–water partition coefficient (Wildman–Crippen LogP) is 3.84. The Morgan fingerprint density at radius 2 is 1.91 bits per heavy atom. The van der Waals surface area contributed by atoms with Crippen LogP contribution in [0.25, 0.3) is 11.0 Å². The second kappa shape index (κ2) is 11.3. The molecule has 7 nitrogen and oxygen atoms in total. The summed E-state index contributed by atoms with van der Waals surface area (Å²) in [5.41, 5.74) is 4.36.